The molecule has 2 atom stereocenters. The lowest BCUT2D eigenvalue weighted by molar-refractivity contribution is -0.120. The monoisotopic (exact) mass is 670 g/mol. The number of hydrogen-bond acceptors (Lipinski definition) is 12. The zero-order valence-electron chi connectivity index (χ0n) is 23.2. The highest BCUT2D eigenvalue weighted by Crippen LogP contribution is 2.20. The fourth-order valence-corrected chi connectivity index (χ4v) is 6.59. The van der Waals surface area contributed by atoms with Crippen LogP contribution in [0.2, 0.25) is 0 Å². The Kier molecular flexibility index (Phi) is 12.6. The van der Waals surface area contributed by atoms with Crippen LogP contribution in [0.3, 0.4) is 0 Å². The summed E-state index contributed by atoms with van der Waals surface area (Å²) in [6.07, 6.45) is 3.08. The number of sulfonamides is 2. The van der Waals surface area contributed by atoms with E-state index < -0.39 is 25.5 Å². The lowest BCUT2D eigenvalue weighted by Crippen LogP contribution is -2.44. The van der Waals surface area contributed by atoms with E-state index in [1.165, 1.54) is 59.5 Å². The standard InChI is InChI=1S/C25H34N8O6S4/c1-29-24(30-21(34)14-16-6-10-18(11-7-16)42(27,36)37)40-20(26)4-2-3-5-23-32-33-25(41-23)31-22(35)15-17-8-12-19(13-9-17)43(28,38)39/h6-13,20,24,29H,2-5,14-15,26H2,1H3,(H,30,34)(H2,27,36,37)(H2,28,38,39)(H,31,33,35). The average molecular weight is 671 g/mol. The maximum absolute atomic E-state index is 12.5. The molecule has 0 saturated carbocycles. The van der Waals surface area contributed by atoms with Crippen molar-refractivity contribution in [2.75, 3.05) is 12.4 Å². The Labute approximate surface area is 258 Å². The number of thioether (sulfide) groups is 1. The molecule has 0 bridgehead atoms. The molecular weight excluding hydrogens is 637 g/mol. The van der Waals surface area contributed by atoms with Gasteiger partial charge in [0.25, 0.3) is 0 Å². The third kappa shape index (κ3) is 11.9. The van der Waals surface area contributed by atoms with E-state index in [4.69, 9.17) is 16.0 Å². The number of primary sulfonamides is 2. The predicted octanol–water partition coefficient (Wildman–Crippen LogP) is 0.607. The highest BCUT2D eigenvalue weighted by molar-refractivity contribution is 8.00. The molecule has 2 aromatic carbocycles. The van der Waals surface area contributed by atoms with Gasteiger partial charge >= 0.3 is 0 Å². The molecule has 3 rings (SSSR count). The van der Waals surface area contributed by atoms with Crippen LogP contribution in [0, 0.1) is 0 Å². The lowest BCUT2D eigenvalue weighted by Gasteiger charge is -2.21. The Bertz CT molecular complexity index is 1600. The first-order valence-electron chi connectivity index (χ1n) is 13.0. The van der Waals surface area contributed by atoms with Gasteiger partial charge in [-0.1, -0.05) is 42.0 Å². The van der Waals surface area contributed by atoms with Crippen LogP contribution < -0.4 is 32.0 Å². The van der Waals surface area contributed by atoms with Crippen molar-refractivity contribution >= 4 is 60.1 Å². The van der Waals surface area contributed by atoms with E-state index in [9.17, 15) is 26.4 Å². The van der Waals surface area contributed by atoms with Crippen molar-refractivity contribution in [3.8, 4) is 0 Å². The number of benzene rings is 2. The number of nitrogens with two attached hydrogens (primary N) is 3. The van der Waals surface area contributed by atoms with Crippen LogP contribution >= 0.6 is 23.1 Å². The molecule has 14 nitrogen and oxygen atoms in total. The summed E-state index contributed by atoms with van der Waals surface area (Å²) >= 11 is 2.66. The number of hydrogen-bond donors (Lipinski definition) is 6. The van der Waals surface area contributed by atoms with Gasteiger partial charge in [0.2, 0.25) is 37.0 Å². The van der Waals surface area contributed by atoms with Crippen LogP contribution in [0.1, 0.15) is 35.4 Å². The molecule has 43 heavy (non-hydrogen) atoms. The van der Waals surface area contributed by atoms with Crippen molar-refractivity contribution < 1.29 is 26.4 Å². The molecule has 3 aromatic rings. The summed E-state index contributed by atoms with van der Waals surface area (Å²) in [5.74, 6) is -0.554. The number of nitrogens with zero attached hydrogens (tertiary/aromatic N) is 2. The first kappa shape index (κ1) is 34.5. The quantitative estimate of drug-likeness (QED) is 0.0911. The van der Waals surface area contributed by atoms with Crippen molar-refractivity contribution in [3.63, 3.8) is 0 Å². The number of unbranched alkanes of at least 4 members (excludes halogenated alkanes) is 1. The summed E-state index contributed by atoms with van der Waals surface area (Å²) < 4.78 is 45.5. The first-order valence-corrected chi connectivity index (χ1v) is 17.8. The SMILES string of the molecule is CNC(NC(=O)Cc1ccc(S(N)(=O)=O)cc1)SC(N)CCCCc1nnc(NC(=O)Cc2ccc(S(N)(=O)=O)cc2)s1. The molecule has 0 saturated heterocycles. The van der Waals surface area contributed by atoms with Gasteiger partial charge in [0.05, 0.1) is 28.0 Å². The molecule has 1 heterocycles. The number of rotatable bonds is 16. The van der Waals surface area contributed by atoms with Crippen LogP contribution in [-0.4, -0.2) is 56.8 Å². The van der Waals surface area contributed by atoms with Gasteiger partial charge in [0, 0.05) is 6.42 Å². The number of anilines is 1. The molecule has 0 aliphatic carbocycles. The predicted molar refractivity (Wildman–Crippen MR) is 166 cm³/mol. The van der Waals surface area contributed by atoms with Crippen LogP contribution in [0.4, 0.5) is 5.13 Å². The molecule has 2 amide bonds. The van der Waals surface area contributed by atoms with Gasteiger partial charge in [-0.05, 0) is 55.3 Å². The summed E-state index contributed by atoms with van der Waals surface area (Å²) in [6.45, 7) is 0. The molecule has 9 N–H and O–H groups in total. The number of aryl methyl sites for hydroxylation is 1. The van der Waals surface area contributed by atoms with E-state index in [0.29, 0.717) is 29.1 Å². The molecule has 18 heteroatoms. The molecule has 0 aliphatic rings. The molecule has 234 valence electrons. The van der Waals surface area contributed by atoms with Gasteiger partial charge in [0.1, 0.15) is 10.5 Å². The summed E-state index contributed by atoms with van der Waals surface area (Å²) in [6, 6.07) is 11.6. The number of carbonyl (C=O) groups excluding carboxylic acids is 2. The Morgan fingerprint density at radius 2 is 1.40 bits per heavy atom. The lowest BCUT2D eigenvalue weighted by atomic mass is 10.1. The van der Waals surface area contributed by atoms with Crippen molar-refractivity contribution in [1.29, 1.82) is 0 Å². The summed E-state index contributed by atoms with van der Waals surface area (Å²) in [5, 5.41) is 27.8. The van der Waals surface area contributed by atoms with Crippen molar-refractivity contribution in [1.82, 2.24) is 20.8 Å². The van der Waals surface area contributed by atoms with Crippen molar-refractivity contribution in [2.24, 2.45) is 16.0 Å². The second-order valence-corrected chi connectivity index (χ2v) is 15.0. The molecule has 0 aliphatic heterocycles. The van der Waals surface area contributed by atoms with Crippen molar-refractivity contribution in [3.05, 3.63) is 64.7 Å². The van der Waals surface area contributed by atoms with E-state index in [1.807, 2.05) is 0 Å². The maximum Gasteiger partial charge on any atom is 0.238 e. The zero-order chi connectivity index (χ0) is 31.6. The van der Waals surface area contributed by atoms with Gasteiger partial charge in [-0.3, -0.25) is 14.9 Å². The normalized spacial score (nSPS) is 13.3. The maximum atomic E-state index is 12.5. The summed E-state index contributed by atoms with van der Waals surface area (Å²) in [4.78, 5) is 24.8. The molecule has 0 spiro atoms. The third-order valence-corrected chi connectivity index (χ3v) is 9.91. The van der Waals surface area contributed by atoms with Crippen LogP contribution in [-0.2, 0) is 48.9 Å². The molecule has 1 aromatic heterocycles. The van der Waals surface area contributed by atoms with E-state index in [1.54, 1.807) is 19.2 Å². The highest BCUT2D eigenvalue weighted by Gasteiger charge is 2.16. The number of nitrogens with one attached hydrogen (secondary N) is 3. The van der Waals surface area contributed by atoms with E-state index >= 15 is 0 Å². The summed E-state index contributed by atoms with van der Waals surface area (Å²) in [7, 11) is -5.88. The fraction of sp³-hybridized carbons (Fsp3) is 0.360. The number of carbonyl (C=O) groups is 2. The second kappa shape index (κ2) is 15.7. The Morgan fingerprint density at radius 1 is 0.860 bits per heavy atom. The van der Waals surface area contributed by atoms with Gasteiger partial charge in [-0.2, -0.15) is 0 Å². The van der Waals surface area contributed by atoms with Gasteiger partial charge in [0.15, 0.2) is 0 Å². The Hall–Kier alpha value is -2.97. The third-order valence-electron chi connectivity index (χ3n) is 5.94. The smallest absolute Gasteiger partial charge is 0.238 e. The summed E-state index contributed by atoms with van der Waals surface area (Å²) in [5.41, 5.74) is 7.12. The molecule has 0 radical (unpaired) electrons. The zero-order valence-corrected chi connectivity index (χ0v) is 26.5. The Balaban J connectivity index is 1.35. The average Bonchev–Trinajstić information content (AvgIpc) is 3.37. The molecule has 2 unspecified atom stereocenters. The van der Waals surface area contributed by atoms with Gasteiger partial charge in [-0.15, -0.1) is 22.0 Å². The molecule has 0 fully saturated rings. The van der Waals surface area contributed by atoms with E-state index in [-0.39, 0.29) is 39.8 Å². The number of amides is 2. The topological polar surface area (TPSA) is 242 Å². The Morgan fingerprint density at radius 3 is 1.91 bits per heavy atom. The van der Waals surface area contributed by atoms with E-state index in [0.717, 1.165) is 17.8 Å². The van der Waals surface area contributed by atoms with Gasteiger partial charge < -0.3 is 16.4 Å². The van der Waals surface area contributed by atoms with Crippen molar-refractivity contribution in [2.45, 2.75) is 59.2 Å². The minimum absolute atomic E-state index is 0.0189. The van der Waals surface area contributed by atoms with Crippen LogP contribution in [0.5, 0.6) is 0 Å². The molecular formula is C25H34N8O6S4. The largest absolute Gasteiger partial charge is 0.331 e. The first-order chi connectivity index (χ1) is 20.2. The minimum atomic E-state index is -3.79. The van der Waals surface area contributed by atoms with E-state index in [2.05, 4.69) is 26.1 Å². The fourth-order valence-electron chi connectivity index (χ4n) is 3.77. The van der Waals surface area contributed by atoms with Gasteiger partial charge in [-0.25, -0.2) is 27.1 Å². The number of aromatic nitrogens is 2. The minimum Gasteiger partial charge on any atom is -0.331 e. The second-order valence-electron chi connectivity index (χ2n) is 9.44. The highest BCUT2D eigenvalue weighted by atomic mass is 32.2. The van der Waals surface area contributed by atoms with Crippen LogP contribution in [0.25, 0.3) is 0 Å². The van der Waals surface area contributed by atoms with Crippen LogP contribution in [0.15, 0.2) is 58.3 Å².